The van der Waals surface area contributed by atoms with Gasteiger partial charge >= 0.3 is 12.1 Å². The van der Waals surface area contributed by atoms with Crippen LogP contribution in [0.5, 0.6) is 0 Å². The van der Waals surface area contributed by atoms with E-state index in [0.717, 1.165) is 10.9 Å². The quantitative estimate of drug-likeness (QED) is 0.753. The number of nitrogens with zero attached hydrogens (tertiary/aromatic N) is 2. The van der Waals surface area contributed by atoms with Crippen molar-refractivity contribution in [3.63, 3.8) is 0 Å². The highest BCUT2D eigenvalue weighted by Crippen LogP contribution is 2.15. The normalized spacial score (nSPS) is 10.6. The Hall–Kier alpha value is -2.38. The Balaban J connectivity index is 0.000000203. The van der Waals surface area contributed by atoms with Gasteiger partial charge in [0, 0.05) is 5.39 Å². The second-order valence-corrected chi connectivity index (χ2v) is 3.12. The summed E-state index contributed by atoms with van der Waals surface area (Å²) in [6.45, 7) is 0. The Morgan fingerprint density at radius 2 is 1.83 bits per heavy atom. The number of alkyl halides is 3. The monoisotopic (exact) mass is 259 g/mol. The Kier molecular flexibility index (Phi) is 4.03. The first-order valence-corrected chi connectivity index (χ1v) is 4.58. The minimum absolute atomic E-state index is 0.676. The number of nitrogen functional groups attached to an aromatic ring is 1. The molecular formula is C10H8F3N3O2. The van der Waals surface area contributed by atoms with Gasteiger partial charge in [-0.05, 0) is 6.07 Å². The lowest BCUT2D eigenvalue weighted by atomic mass is 10.2. The van der Waals surface area contributed by atoms with E-state index in [1.165, 1.54) is 0 Å². The zero-order valence-corrected chi connectivity index (χ0v) is 8.85. The number of hydrogen-bond acceptors (Lipinski definition) is 4. The lowest BCUT2D eigenvalue weighted by Crippen LogP contribution is -2.21. The maximum Gasteiger partial charge on any atom is 0.490 e. The number of carboxylic acid groups (broad SMARTS) is 1. The molecule has 96 valence electrons. The zero-order valence-electron chi connectivity index (χ0n) is 8.85. The highest BCUT2D eigenvalue weighted by atomic mass is 19.4. The van der Waals surface area contributed by atoms with Gasteiger partial charge in [0.05, 0.1) is 17.4 Å². The van der Waals surface area contributed by atoms with Gasteiger partial charge in [0.25, 0.3) is 0 Å². The van der Waals surface area contributed by atoms with E-state index in [2.05, 4.69) is 10.2 Å². The van der Waals surface area contributed by atoms with Crippen LogP contribution in [0.25, 0.3) is 10.9 Å². The van der Waals surface area contributed by atoms with Crippen molar-refractivity contribution in [2.75, 3.05) is 5.73 Å². The van der Waals surface area contributed by atoms with Gasteiger partial charge in [-0.1, -0.05) is 18.2 Å². The van der Waals surface area contributed by atoms with E-state index in [9.17, 15) is 13.2 Å². The third-order valence-electron chi connectivity index (χ3n) is 1.82. The molecule has 2 aromatic rings. The molecule has 0 spiro atoms. The van der Waals surface area contributed by atoms with Gasteiger partial charge in [0.2, 0.25) is 0 Å². The number of hydrogen-bond donors (Lipinski definition) is 2. The second kappa shape index (κ2) is 5.30. The third kappa shape index (κ3) is 3.58. The van der Waals surface area contributed by atoms with Crippen LogP contribution in [-0.2, 0) is 4.79 Å². The fourth-order valence-corrected chi connectivity index (χ4v) is 1.03. The van der Waals surface area contributed by atoms with Crippen LogP contribution in [0.1, 0.15) is 0 Å². The number of carboxylic acids is 1. The average molecular weight is 259 g/mol. The number of halogens is 3. The van der Waals surface area contributed by atoms with E-state index in [0.29, 0.717) is 5.69 Å². The Bertz CT molecular complexity index is 552. The minimum atomic E-state index is -5.08. The molecule has 0 aliphatic carbocycles. The Morgan fingerprint density at radius 1 is 1.28 bits per heavy atom. The molecule has 0 aliphatic heterocycles. The van der Waals surface area contributed by atoms with Crippen molar-refractivity contribution in [3.8, 4) is 0 Å². The molecule has 0 unspecified atom stereocenters. The van der Waals surface area contributed by atoms with Crippen LogP contribution in [0.4, 0.5) is 18.9 Å². The van der Waals surface area contributed by atoms with Crippen molar-refractivity contribution in [3.05, 3.63) is 30.5 Å². The fourth-order valence-electron chi connectivity index (χ4n) is 1.03. The molecule has 0 atom stereocenters. The molecule has 2 rings (SSSR count). The van der Waals surface area contributed by atoms with Crippen molar-refractivity contribution >= 4 is 22.6 Å². The molecule has 3 N–H and O–H groups in total. The SMILES string of the molecule is Nc1cnnc2ccccc12.O=C(O)C(F)(F)F. The highest BCUT2D eigenvalue weighted by molar-refractivity contribution is 5.88. The van der Waals surface area contributed by atoms with Gasteiger partial charge in [0.15, 0.2) is 0 Å². The largest absolute Gasteiger partial charge is 0.490 e. The van der Waals surface area contributed by atoms with Gasteiger partial charge in [-0.3, -0.25) is 0 Å². The van der Waals surface area contributed by atoms with Crippen LogP contribution in [0.3, 0.4) is 0 Å². The molecule has 1 heterocycles. The second-order valence-electron chi connectivity index (χ2n) is 3.12. The first-order valence-electron chi connectivity index (χ1n) is 4.58. The molecule has 0 fully saturated rings. The fraction of sp³-hybridized carbons (Fsp3) is 0.100. The number of nitrogens with two attached hydrogens (primary N) is 1. The summed E-state index contributed by atoms with van der Waals surface area (Å²) in [5.74, 6) is -2.76. The van der Waals surface area contributed by atoms with Gasteiger partial charge < -0.3 is 10.8 Å². The molecule has 0 amide bonds. The number of benzene rings is 1. The molecule has 0 saturated heterocycles. The summed E-state index contributed by atoms with van der Waals surface area (Å²) >= 11 is 0. The van der Waals surface area contributed by atoms with Crippen molar-refractivity contribution in [1.82, 2.24) is 10.2 Å². The number of fused-ring (bicyclic) bond motifs is 1. The van der Waals surface area contributed by atoms with E-state index in [-0.39, 0.29) is 0 Å². The lowest BCUT2D eigenvalue weighted by Gasteiger charge is -1.96. The average Bonchev–Trinajstić information content (AvgIpc) is 2.29. The smallest absolute Gasteiger partial charge is 0.475 e. The maximum atomic E-state index is 10.6. The molecule has 1 aromatic heterocycles. The summed E-state index contributed by atoms with van der Waals surface area (Å²) in [7, 11) is 0. The molecule has 0 saturated carbocycles. The van der Waals surface area contributed by atoms with Crippen molar-refractivity contribution in [2.24, 2.45) is 0 Å². The zero-order chi connectivity index (χ0) is 13.8. The summed E-state index contributed by atoms with van der Waals surface area (Å²) in [5.41, 5.74) is 7.17. The van der Waals surface area contributed by atoms with Crippen LogP contribution < -0.4 is 5.73 Å². The van der Waals surface area contributed by atoms with Crippen LogP contribution in [-0.4, -0.2) is 27.4 Å². The van der Waals surface area contributed by atoms with Gasteiger partial charge in [-0.2, -0.15) is 23.4 Å². The summed E-state index contributed by atoms with van der Waals surface area (Å²) in [6, 6.07) is 7.66. The number of aliphatic carboxylic acids is 1. The topological polar surface area (TPSA) is 89.1 Å². The predicted octanol–water partition coefficient (Wildman–Crippen LogP) is 1.85. The Morgan fingerprint density at radius 3 is 2.33 bits per heavy atom. The molecule has 0 aliphatic rings. The van der Waals surface area contributed by atoms with Gasteiger partial charge in [-0.15, -0.1) is 0 Å². The standard InChI is InChI=1S/C8H7N3.C2HF3O2/c9-7-5-10-11-8-4-2-1-3-6(7)8;3-2(4,5)1(6)7/h1-5H,(H2,9,11);(H,6,7). The lowest BCUT2D eigenvalue weighted by molar-refractivity contribution is -0.192. The van der Waals surface area contributed by atoms with Crippen molar-refractivity contribution in [2.45, 2.75) is 6.18 Å². The first-order chi connectivity index (χ1) is 8.32. The van der Waals surface area contributed by atoms with Gasteiger partial charge in [-0.25, -0.2) is 4.79 Å². The van der Waals surface area contributed by atoms with Crippen LogP contribution in [0.2, 0.25) is 0 Å². The maximum absolute atomic E-state index is 10.6. The molecular weight excluding hydrogens is 251 g/mol. The van der Waals surface area contributed by atoms with E-state index >= 15 is 0 Å². The predicted molar refractivity (Wildman–Crippen MR) is 57.6 cm³/mol. The summed E-state index contributed by atoms with van der Waals surface area (Å²) in [5, 5.41) is 15.7. The molecule has 18 heavy (non-hydrogen) atoms. The number of anilines is 1. The molecule has 0 bridgehead atoms. The highest BCUT2D eigenvalue weighted by Gasteiger charge is 2.38. The molecule has 8 heteroatoms. The van der Waals surface area contributed by atoms with E-state index in [1.54, 1.807) is 6.20 Å². The first kappa shape index (κ1) is 13.7. The minimum Gasteiger partial charge on any atom is -0.475 e. The third-order valence-corrected chi connectivity index (χ3v) is 1.82. The Labute approximate surface area is 99.0 Å². The summed E-state index contributed by atoms with van der Waals surface area (Å²) < 4.78 is 31.7. The number of rotatable bonds is 0. The van der Waals surface area contributed by atoms with Crippen LogP contribution >= 0.6 is 0 Å². The van der Waals surface area contributed by atoms with E-state index in [1.807, 2.05) is 24.3 Å². The molecule has 0 radical (unpaired) electrons. The van der Waals surface area contributed by atoms with Crippen molar-refractivity contribution < 1.29 is 23.1 Å². The van der Waals surface area contributed by atoms with E-state index < -0.39 is 12.1 Å². The van der Waals surface area contributed by atoms with Crippen LogP contribution in [0.15, 0.2) is 30.5 Å². The summed E-state index contributed by atoms with van der Waals surface area (Å²) in [4.78, 5) is 8.90. The van der Waals surface area contributed by atoms with Crippen molar-refractivity contribution in [1.29, 1.82) is 0 Å². The molecule has 5 nitrogen and oxygen atoms in total. The number of aromatic nitrogens is 2. The van der Waals surface area contributed by atoms with Crippen LogP contribution in [0, 0.1) is 0 Å². The van der Waals surface area contributed by atoms with Gasteiger partial charge in [0.1, 0.15) is 0 Å². The summed E-state index contributed by atoms with van der Waals surface area (Å²) in [6.07, 6.45) is -3.53. The van der Waals surface area contributed by atoms with E-state index in [4.69, 9.17) is 15.6 Å². The molecule has 1 aromatic carbocycles. The number of carbonyl (C=O) groups is 1.